The SMILES string of the molecule is CCCC1CCC(Nc2cc(OC)ccc2F)CC1. The van der Waals surface area contributed by atoms with Crippen molar-refractivity contribution in [3.63, 3.8) is 0 Å². The second-order valence-electron chi connectivity index (χ2n) is 5.50. The van der Waals surface area contributed by atoms with Crippen molar-refractivity contribution in [3.8, 4) is 5.75 Å². The largest absolute Gasteiger partial charge is 0.497 e. The van der Waals surface area contributed by atoms with Gasteiger partial charge in [-0.25, -0.2) is 4.39 Å². The second kappa shape index (κ2) is 6.78. The molecule has 0 aromatic heterocycles. The van der Waals surface area contributed by atoms with E-state index >= 15 is 0 Å². The van der Waals surface area contributed by atoms with Gasteiger partial charge in [0.05, 0.1) is 12.8 Å². The van der Waals surface area contributed by atoms with Crippen LogP contribution in [0.5, 0.6) is 5.75 Å². The van der Waals surface area contributed by atoms with E-state index in [1.807, 2.05) is 0 Å². The van der Waals surface area contributed by atoms with Gasteiger partial charge in [-0.15, -0.1) is 0 Å². The van der Waals surface area contributed by atoms with Gasteiger partial charge in [-0.05, 0) is 43.7 Å². The van der Waals surface area contributed by atoms with Gasteiger partial charge >= 0.3 is 0 Å². The number of ether oxygens (including phenoxy) is 1. The molecule has 1 fully saturated rings. The van der Waals surface area contributed by atoms with Gasteiger partial charge in [0.15, 0.2) is 0 Å². The Morgan fingerprint density at radius 2 is 2.00 bits per heavy atom. The Kier molecular flexibility index (Phi) is 5.06. The third-order valence-corrected chi connectivity index (χ3v) is 4.08. The maximum atomic E-state index is 13.7. The number of rotatable bonds is 5. The van der Waals surface area contributed by atoms with Crippen LogP contribution < -0.4 is 10.1 Å². The maximum absolute atomic E-state index is 13.7. The van der Waals surface area contributed by atoms with E-state index in [4.69, 9.17) is 4.74 Å². The standard InChI is InChI=1S/C16H24FNO/c1-3-4-12-5-7-13(8-6-12)18-16-11-14(19-2)9-10-15(16)17/h9-13,18H,3-8H2,1-2H3. The number of nitrogens with one attached hydrogen (secondary N) is 1. The summed E-state index contributed by atoms with van der Waals surface area (Å²) in [7, 11) is 1.60. The molecule has 1 saturated carbocycles. The van der Waals surface area contributed by atoms with Crippen LogP contribution in [0.4, 0.5) is 10.1 Å². The molecule has 106 valence electrons. The summed E-state index contributed by atoms with van der Waals surface area (Å²) in [5.74, 6) is 1.37. The average molecular weight is 265 g/mol. The van der Waals surface area contributed by atoms with E-state index in [0.717, 1.165) is 18.8 Å². The lowest BCUT2D eigenvalue weighted by Crippen LogP contribution is -2.26. The second-order valence-corrected chi connectivity index (χ2v) is 5.50. The highest BCUT2D eigenvalue weighted by Crippen LogP contribution is 2.30. The fraction of sp³-hybridized carbons (Fsp3) is 0.625. The van der Waals surface area contributed by atoms with Crippen LogP contribution in [0.2, 0.25) is 0 Å². The first kappa shape index (κ1) is 14.2. The zero-order valence-electron chi connectivity index (χ0n) is 11.9. The van der Waals surface area contributed by atoms with Crippen molar-refractivity contribution in [3.05, 3.63) is 24.0 Å². The van der Waals surface area contributed by atoms with Crippen LogP contribution in [0.1, 0.15) is 45.4 Å². The lowest BCUT2D eigenvalue weighted by molar-refractivity contribution is 0.318. The van der Waals surface area contributed by atoms with E-state index in [-0.39, 0.29) is 5.82 Å². The predicted octanol–water partition coefficient (Wildman–Crippen LogP) is 4.61. The van der Waals surface area contributed by atoms with E-state index in [1.54, 1.807) is 19.2 Å². The van der Waals surface area contributed by atoms with Gasteiger partial charge in [0.1, 0.15) is 11.6 Å². The van der Waals surface area contributed by atoms with Gasteiger partial charge in [0, 0.05) is 12.1 Å². The molecule has 2 rings (SSSR count). The van der Waals surface area contributed by atoms with Crippen molar-refractivity contribution in [1.29, 1.82) is 0 Å². The number of halogens is 1. The summed E-state index contributed by atoms with van der Waals surface area (Å²) >= 11 is 0. The van der Waals surface area contributed by atoms with E-state index in [2.05, 4.69) is 12.2 Å². The molecule has 3 heteroatoms. The normalized spacial score (nSPS) is 23.1. The summed E-state index contributed by atoms with van der Waals surface area (Å²) < 4.78 is 18.9. The quantitative estimate of drug-likeness (QED) is 0.839. The molecule has 1 N–H and O–H groups in total. The van der Waals surface area contributed by atoms with Gasteiger partial charge in [-0.3, -0.25) is 0 Å². The first-order chi connectivity index (χ1) is 9.22. The van der Waals surface area contributed by atoms with E-state index < -0.39 is 0 Å². The van der Waals surface area contributed by atoms with E-state index in [1.165, 1.54) is 31.7 Å². The Bertz CT molecular complexity index is 400. The zero-order chi connectivity index (χ0) is 13.7. The first-order valence-corrected chi connectivity index (χ1v) is 7.33. The third-order valence-electron chi connectivity index (χ3n) is 4.08. The van der Waals surface area contributed by atoms with Crippen molar-refractivity contribution >= 4 is 5.69 Å². The molecule has 0 bridgehead atoms. The van der Waals surface area contributed by atoms with Crippen LogP contribution in [0.25, 0.3) is 0 Å². The molecule has 0 aliphatic heterocycles. The Hall–Kier alpha value is -1.25. The Balaban J connectivity index is 1.91. The number of methoxy groups -OCH3 is 1. The van der Waals surface area contributed by atoms with Crippen molar-refractivity contribution in [2.75, 3.05) is 12.4 Å². The molecule has 19 heavy (non-hydrogen) atoms. The molecule has 2 nitrogen and oxygen atoms in total. The van der Waals surface area contributed by atoms with Crippen LogP contribution in [-0.4, -0.2) is 13.2 Å². The predicted molar refractivity (Wildman–Crippen MR) is 77.2 cm³/mol. The first-order valence-electron chi connectivity index (χ1n) is 7.33. The van der Waals surface area contributed by atoms with Gasteiger partial charge in [-0.1, -0.05) is 19.8 Å². The minimum Gasteiger partial charge on any atom is -0.497 e. The molecule has 0 amide bonds. The number of anilines is 1. The molecule has 1 aromatic rings. The van der Waals surface area contributed by atoms with Crippen LogP contribution in [0.15, 0.2) is 18.2 Å². The minimum atomic E-state index is -0.198. The number of hydrogen-bond acceptors (Lipinski definition) is 2. The molecule has 1 aliphatic rings. The molecule has 0 unspecified atom stereocenters. The van der Waals surface area contributed by atoms with E-state index in [0.29, 0.717) is 17.5 Å². The lowest BCUT2D eigenvalue weighted by Gasteiger charge is -2.29. The number of benzene rings is 1. The van der Waals surface area contributed by atoms with Crippen LogP contribution in [0.3, 0.4) is 0 Å². The Morgan fingerprint density at radius 3 is 2.63 bits per heavy atom. The molecule has 0 spiro atoms. The van der Waals surface area contributed by atoms with Crippen LogP contribution >= 0.6 is 0 Å². The van der Waals surface area contributed by atoms with Crippen LogP contribution in [-0.2, 0) is 0 Å². The molecule has 0 atom stereocenters. The Labute approximate surface area is 115 Å². The van der Waals surface area contributed by atoms with E-state index in [9.17, 15) is 4.39 Å². The average Bonchev–Trinajstić information content (AvgIpc) is 2.44. The fourth-order valence-corrected chi connectivity index (χ4v) is 2.97. The van der Waals surface area contributed by atoms with Crippen molar-refractivity contribution in [2.45, 2.75) is 51.5 Å². The smallest absolute Gasteiger partial charge is 0.146 e. The number of hydrogen-bond donors (Lipinski definition) is 1. The molecule has 0 heterocycles. The zero-order valence-corrected chi connectivity index (χ0v) is 11.9. The summed E-state index contributed by atoms with van der Waals surface area (Å²) in [6.07, 6.45) is 7.41. The fourth-order valence-electron chi connectivity index (χ4n) is 2.97. The maximum Gasteiger partial charge on any atom is 0.146 e. The minimum absolute atomic E-state index is 0.198. The molecule has 0 saturated heterocycles. The van der Waals surface area contributed by atoms with Crippen molar-refractivity contribution in [2.24, 2.45) is 5.92 Å². The van der Waals surface area contributed by atoms with Gasteiger partial charge in [0.25, 0.3) is 0 Å². The molecule has 1 aromatic carbocycles. The topological polar surface area (TPSA) is 21.3 Å². The Morgan fingerprint density at radius 1 is 1.26 bits per heavy atom. The monoisotopic (exact) mass is 265 g/mol. The lowest BCUT2D eigenvalue weighted by atomic mass is 9.83. The summed E-state index contributed by atoms with van der Waals surface area (Å²) in [5.41, 5.74) is 0.568. The van der Waals surface area contributed by atoms with Crippen molar-refractivity contribution in [1.82, 2.24) is 0 Å². The summed E-state index contributed by atoms with van der Waals surface area (Å²) in [4.78, 5) is 0. The van der Waals surface area contributed by atoms with Gasteiger partial charge in [0.2, 0.25) is 0 Å². The molecule has 1 aliphatic carbocycles. The summed E-state index contributed by atoms with van der Waals surface area (Å²) in [6, 6.07) is 5.26. The summed E-state index contributed by atoms with van der Waals surface area (Å²) in [6.45, 7) is 2.25. The highest BCUT2D eigenvalue weighted by Gasteiger charge is 2.21. The third kappa shape index (κ3) is 3.85. The summed E-state index contributed by atoms with van der Waals surface area (Å²) in [5, 5.41) is 3.33. The molecule has 0 radical (unpaired) electrons. The van der Waals surface area contributed by atoms with Gasteiger partial charge < -0.3 is 10.1 Å². The van der Waals surface area contributed by atoms with Crippen molar-refractivity contribution < 1.29 is 9.13 Å². The highest BCUT2D eigenvalue weighted by molar-refractivity contribution is 5.50. The van der Waals surface area contributed by atoms with Gasteiger partial charge in [-0.2, -0.15) is 0 Å². The van der Waals surface area contributed by atoms with Crippen LogP contribution in [0, 0.1) is 11.7 Å². The highest BCUT2D eigenvalue weighted by atomic mass is 19.1. The molecular weight excluding hydrogens is 241 g/mol. The molecular formula is C16H24FNO.